The van der Waals surface area contributed by atoms with E-state index in [9.17, 15) is 18.0 Å². The Bertz CT molecular complexity index is 204. The van der Waals surface area contributed by atoms with Gasteiger partial charge in [-0.25, -0.2) is 0 Å². The van der Waals surface area contributed by atoms with Crippen molar-refractivity contribution in [1.29, 1.82) is 0 Å². The minimum atomic E-state index is -4.51. The van der Waals surface area contributed by atoms with Crippen LogP contribution in [0, 0.1) is 0 Å². The molecule has 1 amide bonds. The Morgan fingerprint density at radius 1 is 1.27 bits per heavy atom. The van der Waals surface area contributed by atoms with Crippen LogP contribution >= 0.6 is 0 Å². The van der Waals surface area contributed by atoms with Crippen LogP contribution in [0.2, 0.25) is 0 Å². The van der Waals surface area contributed by atoms with Crippen LogP contribution in [0.1, 0.15) is 33.1 Å². The standard InChI is InChI=1S/C9H16F3NO2/c1-3-8(4-2,6-14)13-7(15)5-9(10,11)12/h14H,3-6H2,1-2H3,(H,13,15). The van der Waals surface area contributed by atoms with E-state index in [-0.39, 0.29) is 6.61 Å². The van der Waals surface area contributed by atoms with E-state index in [1.165, 1.54) is 0 Å². The second kappa shape index (κ2) is 5.34. The predicted octanol–water partition coefficient (Wildman–Crippen LogP) is 1.61. The summed E-state index contributed by atoms with van der Waals surface area (Å²) in [6, 6.07) is 0. The van der Waals surface area contributed by atoms with Crippen molar-refractivity contribution in [3.05, 3.63) is 0 Å². The highest BCUT2D eigenvalue weighted by Crippen LogP contribution is 2.21. The highest BCUT2D eigenvalue weighted by atomic mass is 19.4. The summed E-state index contributed by atoms with van der Waals surface area (Å²) in [7, 11) is 0. The largest absolute Gasteiger partial charge is 0.397 e. The number of hydrogen-bond acceptors (Lipinski definition) is 2. The van der Waals surface area contributed by atoms with Crippen LogP contribution in [-0.4, -0.2) is 29.3 Å². The number of carbonyl (C=O) groups is 1. The van der Waals surface area contributed by atoms with E-state index in [0.29, 0.717) is 12.8 Å². The molecule has 0 rings (SSSR count). The molecular weight excluding hydrogens is 211 g/mol. The smallest absolute Gasteiger partial charge is 0.394 e. The van der Waals surface area contributed by atoms with Crippen molar-refractivity contribution >= 4 is 5.91 Å². The van der Waals surface area contributed by atoms with Gasteiger partial charge in [0.2, 0.25) is 5.91 Å². The number of carbonyl (C=O) groups excluding carboxylic acids is 1. The highest BCUT2D eigenvalue weighted by Gasteiger charge is 2.35. The lowest BCUT2D eigenvalue weighted by Gasteiger charge is -2.30. The number of amides is 1. The van der Waals surface area contributed by atoms with Gasteiger partial charge in [0.1, 0.15) is 6.42 Å². The first-order chi connectivity index (χ1) is 6.78. The molecule has 0 aromatic carbocycles. The molecule has 0 fully saturated rings. The van der Waals surface area contributed by atoms with Gasteiger partial charge < -0.3 is 10.4 Å². The number of hydrogen-bond donors (Lipinski definition) is 2. The Kier molecular flexibility index (Phi) is 5.07. The second-order valence-electron chi connectivity index (χ2n) is 3.49. The molecule has 0 saturated heterocycles. The van der Waals surface area contributed by atoms with Crippen LogP contribution in [-0.2, 0) is 4.79 Å². The van der Waals surface area contributed by atoms with Crippen molar-refractivity contribution in [2.45, 2.75) is 44.8 Å². The Labute approximate surface area is 86.7 Å². The lowest BCUT2D eigenvalue weighted by molar-refractivity contribution is -0.155. The third-order valence-electron chi connectivity index (χ3n) is 2.42. The molecule has 0 aliphatic rings. The molecule has 0 unspecified atom stereocenters. The number of aliphatic hydroxyl groups is 1. The third-order valence-corrected chi connectivity index (χ3v) is 2.42. The van der Waals surface area contributed by atoms with Gasteiger partial charge in [-0.15, -0.1) is 0 Å². The summed E-state index contributed by atoms with van der Waals surface area (Å²) < 4.78 is 35.6. The van der Waals surface area contributed by atoms with E-state index in [1.807, 2.05) is 0 Å². The van der Waals surface area contributed by atoms with E-state index >= 15 is 0 Å². The molecule has 0 radical (unpaired) electrons. The maximum absolute atomic E-state index is 11.9. The van der Waals surface area contributed by atoms with Crippen LogP contribution in [0.25, 0.3) is 0 Å². The minimum absolute atomic E-state index is 0.358. The molecule has 0 heterocycles. The molecule has 0 aliphatic carbocycles. The summed E-state index contributed by atoms with van der Waals surface area (Å²) in [6.07, 6.45) is -5.23. The number of halogens is 3. The van der Waals surface area contributed by atoms with Gasteiger partial charge >= 0.3 is 6.18 Å². The molecule has 0 aliphatic heterocycles. The van der Waals surface area contributed by atoms with Crippen LogP contribution in [0.15, 0.2) is 0 Å². The molecule has 6 heteroatoms. The molecule has 3 nitrogen and oxygen atoms in total. The van der Waals surface area contributed by atoms with Crippen molar-refractivity contribution < 1.29 is 23.1 Å². The van der Waals surface area contributed by atoms with E-state index in [2.05, 4.69) is 5.32 Å². The molecule has 15 heavy (non-hydrogen) atoms. The van der Waals surface area contributed by atoms with Crippen molar-refractivity contribution in [3.8, 4) is 0 Å². The first kappa shape index (κ1) is 14.2. The lowest BCUT2D eigenvalue weighted by Crippen LogP contribution is -2.51. The molecule has 0 atom stereocenters. The lowest BCUT2D eigenvalue weighted by atomic mass is 9.93. The number of alkyl halides is 3. The molecule has 0 saturated carbocycles. The second-order valence-corrected chi connectivity index (χ2v) is 3.49. The normalized spacial score (nSPS) is 12.7. The van der Waals surface area contributed by atoms with E-state index in [1.54, 1.807) is 13.8 Å². The zero-order chi connectivity index (χ0) is 12.1. The average molecular weight is 227 g/mol. The van der Waals surface area contributed by atoms with Gasteiger partial charge in [0.15, 0.2) is 0 Å². The number of nitrogens with one attached hydrogen (secondary N) is 1. The Balaban J connectivity index is 4.36. The fraction of sp³-hybridized carbons (Fsp3) is 0.889. The van der Waals surface area contributed by atoms with Crippen molar-refractivity contribution in [2.24, 2.45) is 0 Å². The van der Waals surface area contributed by atoms with Crippen molar-refractivity contribution in [3.63, 3.8) is 0 Å². The van der Waals surface area contributed by atoms with Gasteiger partial charge in [-0.1, -0.05) is 13.8 Å². The van der Waals surface area contributed by atoms with Gasteiger partial charge in [0.25, 0.3) is 0 Å². The summed E-state index contributed by atoms with van der Waals surface area (Å²) in [5, 5.41) is 11.3. The Hall–Kier alpha value is -0.780. The Morgan fingerprint density at radius 2 is 1.73 bits per heavy atom. The molecule has 0 aromatic heterocycles. The maximum atomic E-state index is 11.9. The summed E-state index contributed by atoms with van der Waals surface area (Å²) in [5.74, 6) is -1.10. The first-order valence-corrected chi connectivity index (χ1v) is 4.77. The van der Waals surface area contributed by atoms with Crippen molar-refractivity contribution in [1.82, 2.24) is 5.32 Å². The zero-order valence-corrected chi connectivity index (χ0v) is 8.82. The monoisotopic (exact) mass is 227 g/mol. The van der Waals surface area contributed by atoms with Gasteiger partial charge in [-0.2, -0.15) is 13.2 Å². The van der Waals surface area contributed by atoms with Gasteiger partial charge in [-0.05, 0) is 12.8 Å². The molecule has 2 N–H and O–H groups in total. The molecular formula is C9H16F3NO2. The van der Waals surface area contributed by atoms with Gasteiger partial charge in [0.05, 0.1) is 12.1 Å². The summed E-state index contributed by atoms with van der Waals surface area (Å²) in [6.45, 7) is 3.05. The fourth-order valence-corrected chi connectivity index (χ4v) is 1.21. The van der Waals surface area contributed by atoms with Crippen LogP contribution in [0.4, 0.5) is 13.2 Å². The average Bonchev–Trinajstić information content (AvgIpc) is 2.11. The summed E-state index contributed by atoms with van der Waals surface area (Å²) in [4.78, 5) is 11.0. The first-order valence-electron chi connectivity index (χ1n) is 4.77. The molecule has 0 bridgehead atoms. The van der Waals surface area contributed by atoms with E-state index < -0.39 is 24.0 Å². The highest BCUT2D eigenvalue weighted by molar-refractivity contribution is 5.77. The zero-order valence-electron chi connectivity index (χ0n) is 8.82. The topological polar surface area (TPSA) is 49.3 Å². The predicted molar refractivity (Wildman–Crippen MR) is 49.2 cm³/mol. The quantitative estimate of drug-likeness (QED) is 0.749. The van der Waals surface area contributed by atoms with Gasteiger partial charge in [0, 0.05) is 0 Å². The molecule has 0 aromatic rings. The maximum Gasteiger partial charge on any atom is 0.397 e. The number of aliphatic hydroxyl groups excluding tert-OH is 1. The van der Waals surface area contributed by atoms with Crippen LogP contribution in [0.3, 0.4) is 0 Å². The molecule has 0 spiro atoms. The summed E-state index contributed by atoms with van der Waals surface area (Å²) in [5.41, 5.74) is -0.928. The number of rotatable bonds is 5. The van der Waals surface area contributed by atoms with Crippen LogP contribution < -0.4 is 5.32 Å². The summed E-state index contributed by atoms with van der Waals surface area (Å²) >= 11 is 0. The van der Waals surface area contributed by atoms with E-state index in [0.717, 1.165) is 0 Å². The van der Waals surface area contributed by atoms with Crippen molar-refractivity contribution in [2.75, 3.05) is 6.61 Å². The molecule has 90 valence electrons. The van der Waals surface area contributed by atoms with Gasteiger partial charge in [-0.3, -0.25) is 4.79 Å². The van der Waals surface area contributed by atoms with E-state index in [4.69, 9.17) is 5.11 Å². The Morgan fingerprint density at radius 3 is 2.00 bits per heavy atom. The third kappa shape index (κ3) is 5.01. The SMILES string of the molecule is CCC(CC)(CO)NC(=O)CC(F)(F)F. The van der Waals surface area contributed by atoms with Crippen LogP contribution in [0.5, 0.6) is 0 Å². The minimum Gasteiger partial charge on any atom is -0.394 e. The fourth-order valence-electron chi connectivity index (χ4n) is 1.21.